The molecule has 0 saturated carbocycles. The fraction of sp³-hybridized carbons (Fsp3) is 0.500. The Balaban J connectivity index is 1.60. The van der Waals surface area contributed by atoms with Crippen LogP contribution in [0, 0.1) is 17.1 Å². The molecule has 1 aliphatic heterocycles. The average Bonchev–Trinajstić information content (AvgIpc) is 3.22. The van der Waals surface area contributed by atoms with E-state index in [2.05, 4.69) is 10.3 Å². The van der Waals surface area contributed by atoms with E-state index in [-0.39, 0.29) is 17.2 Å². The number of anilines is 1. The minimum Gasteiger partial charge on any atom is -0.367 e. The molecule has 0 radical (unpaired) electrons. The van der Waals surface area contributed by atoms with Crippen LogP contribution in [0.5, 0.6) is 0 Å². The number of hydrogen-bond acceptors (Lipinski definition) is 7. The van der Waals surface area contributed by atoms with Gasteiger partial charge in [-0.05, 0) is 26.0 Å². The first-order valence-electron chi connectivity index (χ1n) is 9.93. The van der Waals surface area contributed by atoms with Gasteiger partial charge in [0.05, 0.1) is 18.4 Å². The summed E-state index contributed by atoms with van der Waals surface area (Å²) >= 11 is 0. The van der Waals surface area contributed by atoms with Gasteiger partial charge in [-0.15, -0.1) is 5.10 Å². The summed E-state index contributed by atoms with van der Waals surface area (Å²) in [6.45, 7) is 6.98. The van der Waals surface area contributed by atoms with Crippen LogP contribution in [0.4, 0.5) is 10.1 Å². The molecule has 0 N–H and O–H groups in total. The summed E-state index contributed by atoms with van der Waals surface area (Å²) in [6.07, 6.45) is 1.13. The lowest BCUT2D eigenvalue weighted by Crippen LogP contribution is -2.49. The number of carbonyl (C=O) groups excluding carboxylic acids is 1. The van der Waals surface area contributed by atoms with Crippen LogP contribution in [0.2, 0.25) is 0 Å². The van der Waals surface area contributed by atoms with Crippen LogP contribution in [-0.2, 0) is 16.0 Å². The standard InChI is InChI=1S/C20H25FN6O3/c1-3-29-19(30-4-2)14-27-13-17(23-24-27)20(28)26-10-8-25(9-11-26)18-7-5-6-16(21)15(18)12-22/h5-7,13,19H,3-4,8-11,14H2,1-2H3. The molecule has 0 unspecified atom stereocenters. The summed E-state index contributed by atoms with van der Waals surface area (Å²) < 4.78 is 26.4. The van der Waals surface area contributed by atoms with Crippen LogP contribution in [-0.4, -0.2) is 71.5 Å². The van der Waals surface area contributed by atoms with Crippen molar-refractivity contribution in [1.82, 2.24) is 19.9 Å². The van der Waals surface area contributed by atoms with Gasteiger partial charge in [0.15, 0.2) is 12.0 Å². The Morgan fingerprint density at radius 1 is 1.23 bits per heavy atom. The molecule has 0 aliphatic carbocycles. The highest BCUT2D eigenvalue weighted by Gasteiger charge is 2.26. The number of nitrogens with zero attached hydrogens (tertiary/aromatic N) is 6. The molecule has 10 heteroatoms. The van der Waals surface area contributed by atoms with Crippen molar-refractivity contribution >= 4 is 11.6 Å². The van der Waals surface area contributed by atoms with Gasteiger partial charge in [0.1, 0.15) is 17.4 Å². The molecule has 160 valence electrons. The number of halogens is 1. The van der Waals surface area contributed by atoms with E-state index in [9.17, 15) is 14.4 Å². The van der Waals surface area contributed by atoms with E-state index in [0.29, 0.717) is 51.6 Å². The Labute approximate surface area is 174 Å². The number of aromatic nitrogens is 3. The predicted molar refractivity (Wildman–Crippen MR) is 106 cm³/mol. The molecule has 0 atom stereocenters. The number of rotatable bonds is 8. The molecule has 30 heavy (non-hydrogen) atoms. The van der Waals surface area contributed by atoms with E-state index >= 15 is 0 Å². The molecular formula is C20H25FN6O3. The van der Waals surface area contributed by atoms with Gasteiger partial charge < -0.3 is 19.3 Å². The van der Waals surface area contributed by atoms with Crippen molar-refractivity contribution in [3.8, 4) is 6.07 Å². The van der Waals surface area contributed by atoms with Crippen LogP contribution < -0.4 is 4.90 Å². The molecule has 1 saturated heterocycles. The van der Waals surface area contributed by atoms with Gasteiger partial charge in [0, 0.05) is 39.4 Å². The van der Waals surface area contributed by atoms with Crippen molar-refractivity contribution in [1.29, 1.82) is 5.26 Å². The van der Waals surface area contributed by atoms with Crippen LogP contribution in [0.3, 0.4) is 0 Å². The number of amides is 1. The van der Waals surface area contributed by atoms with E-state index in [1.165, 1.54) is 10.7 Å². The van der Waals surface area contributed by atoms with Gasteiger partial charge in [0.2, 0.25) is 0 Å². The molecule has 1 fully saturated rings. The van der Waals surface area contributed by atoms with E-state index in [1.807, 2.05) is 24.8 Å². The maximum Gasteiger partial charge on any atom is 0.276 e. The summed E-state index contributed by atoms with van der Waals surface area (Å²) in [5.74, 6) is -0.757. The highest BCUT2D eigenvalue weighted by molar-refractivity contribution is 5.92. The van der Waals surface area contributed by atoms with E-state index in [0.717, 1.165) is 0 Å². The zero-order valence-electron chi connectivity index (χ0n) is 17.1. The highest BCUT2D eigenvalue weighted by Crippen LogP contribution is 2.24. The number of nitriles is 1. The van der Waals surface area contributed by atoms with Gasteiger partial charge in [-0.3, -0.25) is 4.79 Å². The summed E-state index contributed by atoms with van der Waals surface area (Å²) in [6, 6.07) is 6.49. The van der Waals surface area contributed by atoms with Crippen LogP contribution in [0.15, 0.2) is 24.4 Å². The lowest BCUT2D eigenvalue weighted by Gasteiger charge is -2.36. The monoisotopic (exact) mass is 416 g/mol. The van der Waals surface area contributed by atoms with Gasteiger partial charge in [0.25, 0.3) is 5.91 Å². The fourth-order valence-electron chi connectivity index (χ4n) is 3.36. The lowest BCUT2D eigenvalue weighted by atomic mass is 10.1. The van der Waals surface area contributed by atoms with Crippen molar-refractivity contribution in [2.24, 2.45) is 0 Å². The SMILES string of the molecule is CCOC(Cn1cc(C(=O)N2CCN(c3cccc(F)c3C#N)CC2)nn1)OCC. The summed E-state index contributed by atoms with van der Waals surface area (Å²) in [4.78, 5) is 16.4. The fourth-order valence-corrected chi connectivity index (χ4v) is 3.36. The second-order valence-corrected chi connectivity index (χ2v) is 6.69. The number of piperazine rings is 1. The van der Waals surface area contributed by atoms with Crippen molar-refractivity contribution in [2.45, 2.75) is 26.7 Å². The minimum atomic E-state index is -0.539. The Kier molecular flexibility index (Phi) is 7.32. The minimum absolute atomic E-state index is 0.0263. The second-order valence-electron chi connectivity index (χ2n) is 6.69. The first-order valence-corrected chi connectivity index (χ1v) is 9.93. The van der Waals surface area contributed by atoms with Crippen LogP contribution >= 0.6 is 0 Å². The molecule has 1 aromatic heterocycles. The van der Waals surface area contributed by atoms with E-state index < -0.39 is 12.1 Å². The molecule has 1 aromatic carbocycles. The number of ether oxygens (including phenoxy) is 2. The molecular weight excluding hydrogens is 391 g/mol. The van der Waals surface area contributed by atoms with Gasteiger partial charge in [-0.25, -0.2) is 9.07 Å². The third-order valence-corrected chi connectivity index (χ3v) is 4.81. The molecule has 1 amide bonds. The molecule has 2 heterocycles. The molecule has 0 spiro atoms. The molecule has 3 rings (SSSR count). The van der Waals surface area contributed by atoms with Crippen LogP contribution in [0.1, 0.15) is 29.9 Å². The van der Waals surface area contributed by atoms with E-state index in [4.69, 9.17) is 9.47 Å². The smallest absolute Gasteiger partial charge is 0.276 e. The predicted octanol–water partition coefficient (Wildman–Crippen LogP) is 1.65. The Morgan fingerprint density at radius 3 is 2.57 bits per heavy atom. The van der Waals surface area contributed by atoms with E-state index in [1.54, 1.807) is 23.2 Å². The number of benzene rings is 1. The van der Waals surface area contributed by atoms with Crippen LogP contribution in [0.25, 0.3) is 0 Å². The maximum atomic E-state index is 13.9. The molecule has 1 aliphatic rings. The van der Waals surface area contributed by atoms with Crippen molar-refractivity contribution in [2.75, 3.05) is 44.3 Å². The summed E-state index contributed by atoms with van der Waals surface area (Å²) in [7, 11) is 0. The van der Waals surface area contributed by atoms with Crippen molar-refractivity contribution in [3.63, 3.8) is 0 Å². The van der Waals surface area contributed by atoms with Gasteiger partial charge >= 0.3 is 0 Å². The maximum absolute atomic E-state index is 13.9. The zero-order chi connectivity index (χ0) is 21.5. The second kappa shape index (κ2) is 10.1. The summed E-state index contributed by atoms with van der Waals surface area (Å²) in [5, 5.41) is 17.2. The Hall–Kier alpha value is -3.03. The van der Waals surface area contributed by atoms with Gasteiger partial charge in [-0.2, -0.15) is 5.26 Å². The normalized spacial score (nSPS) is 14.2. The quantitative estimate of drug-likeness (QED) is 0.604. The largest absolute Gasteiger partial charge is 0.367 e. The first kappa shape index (κ1) is 21.7. The molecule has 2 aromatic rings. The Bertz CT molecular complexity index is 898. The number of hydrogen-bond donors (Lipinski definition) is 0. The van der Waals surface area contributed by atoms with Crippen molar-refractivity contribution < 1.29 is 18.7 Å². The van der Waals surface area contributed by atoms with Gasteiger partial charge in [-0.1, -0.05) is 11.3 Å². The topological polar surface area (TPSA) is 96.5 Å². The lowest BCUT2D eigenvalue weighted by molar-refractivity contribution is -0.145. The molecule has 9 nitrogen and oxygen atoms in total. The van der Waals surface area contributed by atoms with Crippen molar-refractivity contribution in [3.05, 3.63) is 41.5 Å². The third-order valence-electron chi connectivity index (χ3n) is 4.81. The first-order chi connectivity index (χ1) is 14.6. The number of carbonyl (C=O) groups is 1. The zero-order valence-corrected chi connectivity index (χ0v) is 17.1. The molecule has 0 bridgehead atoms. The Morgan fingerprint density at radius 2 is 1.93 bits per heavy atom. The summed E-state index contributed by atoms with van der Waals surface area (Å²) in [5.41, 5.74) is 0.825. The average molecular weight is 416 g/mol. The third kappa shape index (κ3) is 4.93. The highest BCUT2D eigenvalue weighted by atomic mass is 19.1.